The molecule has 0 fully saturated rings. The summed E-state index contributed by atoms with van der Waals surface area (Å²) < 4.78 is 4.55. The first-order valence-electron chi connectivity index (χ1n) is 5.90. The predicted octanol–water partition coefficient (Wildman–Crippen LogP) is 1.51. The summed E-state index contributed by atoms with van der Waals surface area (Å²) in [7, 11) is 1.34. The Balaban J connectivity index is -0.000000285. The minimum Gasteiger partial charge on any atom is -0.362 e. The molecule has 2 N–H and O–H groups in total. The second-order valence-corrected chi connectivity index (χ2v) is 1.91. The van der Waals surface area contributed by atoms with Crippen LogP contribution in [0.25, 0.3) is 0 Å². The third-order valence-corrected chi connectivity index (χ3v) is 1.18. The van der Waals surface area contributed by atoms with E-state index in [-0.39, 0.29) is 5.69 Å². The smallest absolute Gasteiger partial charge is 0.332 e. The zero-order valence-electron chi connectivity index (χ0n) is 12.2. The number of nitrogens with two attached hydrogens (primary N) is 1. The van der Waals surface area contributed by atoms with Crippen molar-refractivity contribution in [2.75, 3.05) is 7.11 Å². The molecule has 1 aromatic heterocycles. The minimum absolute atomic E-state index is 0.118. The standard InChI is InChI=1S/C5H7N3O3.3C2H6/c1-3-4(5(6)9)8(10-2)11-7-3;3*1-2/h1-2H3,(H-,6,9);3*1-2H3/p+1. The van der Waals surface area contributed by atoms with Crippen LogP contribution in [0.4, 0.5) is 0 Å². The van der Waals surface area contributed by atoms with E-state index in [1.165, 1.54) is 7.11 Å². The monoisotopic (exact) mass is 248 g/mol. The Morgan fingerprint density at radius 2 is 1.65 bits per heavy atom. The third kappa shape index (κ3) is 7.32. The molecule has 0 spiro atoms. The summed E-state index contributed by atoms with van der Waals surface area (Å²) in [4.78, 5) is 16.2. The van der Waals surface area contributed by atoms with Gasteiger partial charge in [0, 0.05) is 6.92 Å². The van der Waals surface area contributed by atoms with Gasteiger partial charge in [-0.05, 0) is 4.63 Å². The molecule has 0 aliphatic rings. The molecule has 0 aromatic carbocycles. The lowest BCUT2D eigenvalue weighted by molar-refractivity contribution is -1.02. The molecule has 1 aromatic rings. The first kappa shape index (κ1) is 20.8. The summed E-state index contributed by atoms with van der Waals surface area (Å²) in [6, 6.07) is 0. The molecule has 0 aliphatic heterocycles. The second kappa shape index (κ2) is 14.4. The quantitative estimate of drug-likeness (QED) is 0.860. The molecular formula is C11H26N3O3+. The molecule has 0 saturated heterocycles. The van der Waals surface area contributed by atoms with Crippen molar-refractivity contribution >= 4 is 5.91 Å². The first-order valence-corrected chi connectivity index (χ1v) is 5.90. The van der Waals surface area contributed by atoms with Crippen molar-refractivity contribution in [3.8, 4) is 0 Å². The number of carbonyl (C=O) groups excluding carboxylic acids is 1. The van der Waals surface area contributed by atoms with Gasteiger partial charge >= 0.3 is 11.6 Å². The highest BCUT2D eigenvalue weighted by atomic mass is 16.8. The van der Waals surface area contributed by atoms with Gasteiger partial charge in [-0.1, -0.05) is 41.5 Å². The SMILES string of the molecule is CC.CC.CC.CO[n+]1onc(C)c1C(N)=O. The Morgan fingerprint density at radius 3 is 1.88 bits per heavy atom. The second-order valence-electron chi connectivity index (χ2n) is 1.91. The van der Waals surface area contributed by atoms with Crippen LogP contribution in [-0.4, -0.2) is 18.2 Å². The van der Waals surface area contributed by atoms with Crippen LogP contribution in [0.3, 0.4) is 0 Å². The molecule has 6 heteroatoms. The summed E-state index contributed by atoms with van der Waals surface area (Å²) in [6.07, 6.45) is 0. The molecule has 6 nitrogen and oxygen atoms in total. The summed E-state index contributed by atoms with van der Waals surface area (Å²) in [6.45, 7) is 13.6. The fourth-order valence-electron chi connectivity index (χ4n) is 0.707. The Kier molecular flexibility index (Phi) is 17.6. The molecule has 102 valence electrons. The van der Waals surface area contributed by atoms with Gasteiger partial charge in [0.2, 0.25) is 0 Å². The number of nitrogens with zero attached hydrogens (tertiary/aromatic N) is 2. The van der Waals surface area contributed by atoms with Gasteiger partial charge in [0.15, 0.2) is 5.16 Å². The Hall–Kier alpha value is -1.59. The highest BCUT2D eigenvalue weighted by molar-refractivity contribution is 5.90. The van der Waals surface area contributed by atoms with E-state index in [2.05, 4.69) is 14.6 Å². The zero-order valence-corrected chi connectivity index (χ0v) is 12.2. The van der Waals surface area contributed by atoms with Crippen LogP contribution in [0.15, 0.2) is 4.63 Å². The van der Waals surface area contributed by atoms with E-state index in [9.17, 15) is 4.79 Å². The number of carbonyl (C=O) groups is 1. The molecule has 0 saturated carbocycles. The van der Waals surface area contributed by atoms with Gasteiger partial charge in [0.05, 0.1) is 0 Å². The Labute approximate surface area is 104 Å². The highest BCUT2D eigenvalue weighted by Crippen LogP contribution is 1.94. The highest BCUT2D eigenvalue weighted by Gasteiger charge is 2.26. The van der Waals surface area contributed by atoms with Crippen molar-refractivity contribution in [3.63, 3.8) is 0 Å². The minimum atomic E-state index is -0.634. The molecule has 0 unspecified atom stereocenters. The van der Waals surface area contributed by atoms with Crippen molar-refractivity contribution in [1.29, 1.82) is 0 Å². The molecule has 0 aliphatic carbocycles. The summed E-state index contributed by atoms with van der Waals surface area (Å²) in [5.41, 5.74) is 5.52. The Bertz CT molecular complexity index is 285. The van der Waals surface area contributed by atoms with Crippen molar-refractivity contribution in [2.24, 2.45) is 5.73 Å². The van der Waals surface area contributed by atoms with Gasteiger partial charge in [-0.2, -0.15) is 0 Å². The molecule has 17 heavy (non-hydrogen) atoms. The maximum atomic E-state index is 10.7. The number of primary amides is 1. The molecule has 0 atom stereocenters. The van der Waals surface area contributed by atoms with Crippen LogP contribution in [0.2, 0.25) is 0 Å². The van der Waals surface area contributed by atoms with E-state index in [1.54, 1.807) is 6.92 Å². The lowest BCUT2D eigenvalue weighted by Crippen LogP contribution is -2.45. The average Bonchev–Trinajstić information content (AvgIpc) is 2.78. The first-order chi connectivity index (χ1) is 8.16. The van der Waals surface area contributed by atoms with Crippen LogP contribution >= 0.6 is 0 Å². The largest absolute Gasteiger partial charge is 0.362 e. The van der Waals surface area contributed by atoms with Crippen LogP contribution < -0.4 is 15.5 Å². The van der Waals surface area contributed by atoms with Gasteiger partial charge in [-0.15, -0.1) is 0 Å². The Morgan fingerprint density at radius 1 is 1.24 bits per heavy atom. The van der Waals surface area contributed by atoms with Crippen LogP contribution in [0, 0.1) is 6.92 Å². The van der Waals surface area contributed by atoms with E-state index in [0.717, 1.165) is 4.90 Å². The van der Waals surface area contributed by atoms with E-state index < -0.39 is 5.91 Å². The summed E-state index contributed by atoms with van der Waals surface area (Å²) >= 11 is 0. The van der Waals surface area contributed by atoms with Gasteiger partial charge in [-0.25, -0.2) is 0 Å². The van der Waals surface area contributed by atoms with E-state index in [4.69, 9.17) is 5.73 Å². The van der Waals surface area contributed by atoms with Crippen molar-refractivity contribution < 1.29 is 19.2 Å². The fraction of sp³-hybridized carbons (Fsp3) is 0.727. The molecular weight excluding hydrogens is 222 g/mol. The number of aryl methyl sites for hydroxylation is 1. The number of hydrogen-bond donors (Lipinski definition) is 1. The van der Waals surface area contributed by atoms with Gasteiger partial charge in [0.1, 0.15) is 12.0 Å². The molecule has 1 heterocycles. The van der Waals surface area contributed by atoms with E-state index in [1.807, 2.05) is 41.5 Å². The van der Waals surface area contributed by atoms with Crippen molar-refractivity contribution in [1.82, 2.24) is 5.16 Å². The van der Waals surface area contributed by atoms with E-state index >= 15 is 0 Å². The van der Waals surface area contributed by atoms with Crippen molar-refractivity contribution in [3.05, 3.63) is 11.4 Å². The predicted molar refractivity (Wildman–Crippen MR) is 66.5 cm³/mol. The lowest BCUT2D eigenvalue weighted by atomic mass is 10.3. The van der Waals surface area contributed by atoms with E-state index in [0.29, 0.717) is 5.69 Å². The number of amides is 1. The lowest BCUT2D eigenvalue weighted by Gasteiger charge is -1.87. The summed E-state index contributed by atoms with van der Waals surface area (Å²) in [5.74, 6) is -0.634. The molecule has 1 rings (SSSR count). The van der Waals surface area contributed by atoms with Crippen LogP contribution in [-0.2, 0) is 0 Å². The van der Waals surface area contributed by atoms with Crippen LogP contribution in [0.1, 0.15) is 57.7 Å². The third-order valence-electron chi connectivity index (χ3n) is 1.18. The van der Waals surface area contributed by atoms with Crippen molar-refractivity contribution in [2.45, 2.75) is 48.5 Å². The van der Waals surface area contributed by atoms with Gasteiger partial charge < -0.3 is 10.6 Å². The molecule has 1 amide bonds. The fourth-order valence-corrected chi connectivity index (χ4v) is 0.707. The average molecular weight is 248 g/mol. The van der Waals surface area contributed by atoms with Gasteiger partial charge in [-0.3, -0.25) is 4.79 Å². The topological polar surface area (TPSA) is 82.2 Å². The number of rotatable bonds is 2. The number of aromatic nitrogens is 2. The number of hydrogen-bond acceptors (Lipinski definition) is 4. The maximum absolute atomic E-state index is 10.7. The van der Waals surface area contributed by atoms with Crippen LogP contribution in [0.5, 0.6) is 0 Å². The maximum Gasteiger partial charge on any atom is 0.332 e. The molecule has 0 radical (unpaired) electrons. The normalized spacial score (nSPS) is 7.29. The zero-order chi connectivity index (χ0) is 14.4. The van der Waals surface area contributed by atoms with Gasteiger partial charge in [0.25, 0.3) is 5.69 Å². The molecule has 0 bridgehead atoms. The summed E-state index contributed by atoms with van der Waals surface area (Å²) in [5, 5.41) is 3.47.